The number of nitrogens with zero attached hydrogens (tertiary/aromatic N) is 2. The van der Waals surface area contributed by atoms with Gasteiger partial charge in [-0.25, -0.2) is 0 Å². The summed E-state index contributed by atoms with van der Waals surface area (Å²) in [6, 6.07) is 7.97. The maximum Gasteiger partial charge on any atom is 0.221 e. The van der Waals surface area contributed by atoms with Gasteiger partial charge in [-0.05, 0) is 40.2 Å². The predicted molar refractivity (Wildman–Crippen MR) is 112 cm³/mol. The summed E-state index contributed by atoms with van der Waals surface area (Å²) >= 11 is 6.40. The molecule has 148 valence electrons. The third kappa shape index (κ3) is 6.08. The number of aromatic nitrogens is 2. The Kier molecular flexibility index (Phi) is 7.45. The Morgan fingerprint density at radius 3 is 2.63 bits per heavy atom. The highest BCUT2D eigenvalue weighted by Crippen LogP contribution is 2.30. The minimum Gasteiger partial charge on any atom is -0.354 e. The maximum atomic E-state index is 11.9. The zero-order valence-electron chi connectivity index (χ0n) is 17.0. The van der Waals surface area contributed by atoms with Crippen LogP contribution in [0.2, 0.25) is 5.02 Å². The third-order valence-electron chi connectivity index (χ3n) is 4.47. The predicted octanol–water partition coefficient (Wildman–Crippen LogP) is 4.35. The molecule has 27 heavy (non-hydrogen) atoms. The van der Waals surface area contributed by atoms with Gasteiger partial charge in [-0.2, -0.15) is 5.10 Å². The van der Waals surface area contributed by atoms with Crippen molar-refractivity contribution in [1.29, 1.82) is 0 Å². The van der Waals surface area contributed by atoms with Crippen LogP contribution < -0.4 is 10.6 Å². The summed E-state index contributed by atoms with van der Waals surface area (Å²) in [6.07, 6.45) is 3.45. The summed E-state index contributed by atoms with van der Waals surface area (Å²) < 4.78 is 1.97. The molecule has 0 saturated carbocycles. The second-order valence-corrected chi connectivity index (χ2v) is 8.31. The topological polar surface area (TPSA) is 59.0 Å². The maximum absolute atomic E-state index is 11.9. The largest absolute Gasteiger partial charge is 0.354 e. The number of amides is 1. The van der Waals surface area contributed by atoms with Gasteiger partial charge < -0.3 is 10.6 Å². The molecular weight excluding hydrogens is 360 g/mol. The van der Waals surface area contributed by atoms with Gasteiger partial charge in [0, 0.05) is 42.9 Å². The molecule has 1 aromatic heterocycles. The summed E-state index contributed by atoms with van der Waals surface area (Å²) in [5.41, 5.74) is 2.76. The number of nitrogens with one attached hydrogen (secondary N) is 2. The van der Waals surface area contributed by atoms with Crippen LogP contribution in [0.25, 0.3) is 11.3 Å². The van der Waals surface area contributed by atoms with E-state index in [4.69, 9.17) is 16.7 Å². The molecule has 0 saturated heterocycles. The number of benzene rings is 1. The molecule has 1 atom stereocenters. The molecule has 1 amide bonds. The van der Waals surface area contributed by atoms with Crippen molar-refractivity contribution < 1.29 is 4.79 Å². The number of halogens is 1. The Bertz CT molecular complexity index is 764. The van der Waals surface area contributed by atoms with Crippen LogP contribution in [0, 0.1) is 0 Å². The summed E-state index contributed by atoms with van der Waals surface area (Å²) in [5.74, 6) is 0.0774. The van der Waals surface area contributed by atoms with Gasteiger partial charge in [-0.15, -0.1) is 0 Å². The molecule has 1 aromatic carbocycles. The zero-order chi connectivity index (χ0) is 20.0. The number of carbonyl (C=O) groups is 1. The van der Waals surface area contributed by atoms with Gasteiger partial charge >= 0.3 is 0 Å². The van der Waals surface area contributed by atoms with Crippen molar-refractivity contribution in [3.63, 3.8) is 0 Å². The summed E-state index contributed by atoms with van der Waals surface area (Å²) in [4.78, 5) is 11.9. The molecule has 2 N–H and O–H groups in total. The van der Waals surface area contributed by atoms with E-state index in [1.807, 2.05) is 35.9 Å². The molecular formula is C21H31ClN4O. The Morgan fingerprint density at radius 2 is 2.00 bits per heavy atom. The lowest BCUT2D eigenvalue weighted by Crippen LogP contribution is -2.33. The highest BCUT2D eigenvalue weighted by Gasteiger charge is 2.20. The van der Waals surface area contributed by atoms with E-state index in [0.29, 0.717) is 24.5 Å². The molecule has 0 aliphatic heterocycles. The summed E-state index contributed by atoms with van der Waals surface area (Å²) in [7, 11) is 0. The van der Waals surface area contributed by atoms with Crippen LogP contribution in [-0.2, 0) is 16.9 Å². The quantitative estimate of drug-likeness (QED) is 0.658. The molecule has 0 fully saturated rings. The van der Waals surface area contributed by atoms with Crippen LogP contribution in [0.1, 0.15) is 53.0 Å². The van der Waals surface area contributed by atoms with Crippen molar-refractivity contribution >= 4 is 17.5 Å². The average Bonchev–Trinajstić information content (AvgIpc) is 3.03. The van der Waals surface area contributed by atoms with Gasteiger partial charge in [0.05, 0.1) is 16.3 Å². The molecule has 2 rings (SSSR count). The van der Waals surface area contributed by atoms with Crippen molar-refractivity contribution in [2.75, 3.05) is 6.54 Å². The molecule has 6 heteroatoms. The SMILES string of the molecule is CCC(C)NC(=O)CCNCc1cn(C(C)(C)C)nc1-c1ccccc1Cl. The van der Waals surface area contributed by atoms with Gasteiger partial charge in [0.2, 0.25) is 5.91 Å². The van der Waals surface area contributed by atoms with E-state index >= 15 is 0 Å². The minimum atomic E-state index is -0.121. The summed E-state index contributed by atoms with van der Waals surface area (Å²) in [5, 5.41) is 11.8. The van der Waals surface area contributed by atoms with Gasteiger partial charge in [0.1, 0.15) is 0 Å². The van der Waals surface area contributed by atoms with Crippen LogP contribution in [0.15, 0.2) is 30.5 Å². The molecule has 0 radical (unpaired) electrons. The van der Waals surface area contributed by atoms with Gasteiger partial charge in [-0.1, -0.05) is 36.7 Å². The van der Waals surface area contributed by atoms with Crippen LogP contribution in [0.3, 0.4) is 0 Å². The van der Waals surface area contributed by atoms with Crippen LogP contribution in [-0.4, -0.2) is 28.3 Å². The first kappa shape index (κ1) is 21.5. The van der Waals surface area contributed by atoms with E-state index in [-0.39, 0.29) is 17.5 Å². The van der Waals surface area contributed by atoms with Crippen molar-refractivity contribution in [1.82, 2.24) is 20.4 Å². The molecule has 2 aromatic rings. The van der Waals surface area contributed by atoms with Gasteiger partial charge in [0.15, 0.2) is 0 Å². The number of carbonyl (C=O) groups excluding carboxylic acids is 1. The number of rotatable bonds is 8. The van der Waals surface area contributed by atoms with E-state index in [0.717, 1.165) is 23.2 Å². The molecule has 0 aliphatic carbocycles. The van der Waals surface area contributed by atoms with Crippen molar-refractivity contribution in [3.05, 3.63) is 41.0 Å². The number of hydrogen-bond acceptors (Lipinski definition) is 3. The Morgan fingerprint density at radius 1 is 1.30 bits per heavy atom. The zero-order valence-corrected chi connectivity index (χ0v) is 17.7. The highest BCUT2D eigenvalue weighted by molar-refractivity contribution is 6.33. The van der Waals surface area contributed by atoms with Crippen LogP contribution >= 0.6 is 11.6 Å². The fourth-order valence-electron chi connectivity index (χ4n) is 2.64. The molecule has 1 unspecified atom stereocenters. The molecule has 0 spiro atoms. The Labute approximate surface area is 167 Å². The fourth-order valence-corrected chi connectivity index (χ4v) is 2.86. The first-order valence-electron chi connectivity index (χ1n) is 9.56. The smallest absolute Gasteiger partial charge is 0.221 e. The molecule has 0 aliphatic rings. The summed E-state index contributed by atoms with van der Waals surface area (Å²) in [6.45, 7) is 11.7. The van der Waals surface area contributed by atoms with E-state index in [2.05, 4.69) is 44.5 Å². The van der Waals surface area contributed by atoms with Gasteiger partial charge in [-0.3, -0.25) is 9.48 Å². The lowest BCUT2D eigenvalue weighted by molar-refractivity contribution is -0.121. The molecule has 5 nitrogen and oxygen atoms in total. The second-order valence-electron chi connectivity index (χ2n) is 7.90. The Hall–Kier alpha value is -1.85. The molecule has 0 bridgehead atoms. The fraction of sp³-hybridized carbons (Fsp3) is 0.524. The highest BCUT2D eigenvalue weighted by atomic mass is 35.5. The van der Waals surface area contributed by atoms with E-state index in [1.165, 1.54) is 0 Å². The first-order chi connectivity index (χ1) is 12.7. The lowest BCUT2D eigenvalue weighted by Gasteiger charge is -2.18. The van der Waals surface area contributed by atoms with Crippen molar-refractivity contribution in [2.45, 2.75) is 65.6 Å². The first-order valence-corrected chi connectivity index (χ1v) is 9.94. The second kappa shape index (κ2) is 9.38. The van der Waals surface area contributed by atoms with Crippen molar-refractivity contribution in [3.8, 4) is 11.3 Å². The van der Waals surface area contributed by atoms with E-state index in [9.17, 15) is 4.79 Å². The van der Waals surface area contributed by atoms with Crippen molar-refractivity contribution in [2.24, 2.45) is 0 Å². The Balaban J connectivity index is 2.08. The number of hydrogen-bond donors (Lipinski definition) is 2. The van der Waals surface area contributed by atoms with E-state index in [1.54, 1.807) is 0 Å². The van der Waals surface area contributed by atoms with Crippen LogP contribution in [0.5, 0.6) is 0 Å². The van der Waals surface area contributed by atoms with Crippen LogP contribution in [0.4, 0.5) is 0 Å². The molecule has 1 heterocycles. The van der Waals surface area contributed by atoms with E-state index < -0.39 is 0 Å². The van der Waals surface area contributed by atoms with Gasteiger partial charge in [0.25, 0.3) is 0 Å². The standard InChI is InChI=1S/C21H31ClN4O/c1-6-15(2)24-19(27)11-12-23-13-16-14-26(21(3,4)5)25-20(16)17-9-7-8-10-18(17)22/h7-10,14-15,23H,6,11-13H2,1-5H3,(H,24,27). The minimum absolute atomic E-state index is 0.0774. The normalized spacial score (nSPS) is 12.8. The average molecular weight is 391 g/mol. The third-order valence-corrected chi connectivity index (χ3v) is 4.80. The monoisotopic (exact) mass is 390 g/mol. The lowest BCUT2D eigenvalue weighted by atomic mass is 10.1.